The van der Waals surface area contributed by atoms with Gasteiger partial charge in [0.1, 0.15) is 0 Å². The summed E-state index contributed by atoms with van der Waals surface area (Å²) in [6.07, 6.45) is 6.37. The van der Waals surface area contributed by atoms with Crippen molar-refractivity contribution in [1.82, 2.24) is 19.9 Å². The number of aromatic amines is 4. The molecule has 0 saturated heterocycles. The Labute approximate surface area is 172 Å². The minimum atomic E-state index is 1.06. The molecule has 0 aliphatic carbocycles. The molecule has 0 amide bonds. The van der Waals surface area contributed by atoms with Crippen LogP contribution in [0.25, 0.3) is 23.8 Å². The van der Waals surface area contributed by atoms with Gasteiger partial charge in [0.25, 0.3) is 0 Å². The highest BCUT2D eigenvalue weighted by atomic mass is 14.8. The van der Waals surface area contributed by atoms with Crippen LogP contribution in [0.3, 0.4) is 0 Å². The van der Waals surface area contributed by atoms with Crippen molar-refractivity contribution in [2.24, 2.45) is 0 Å². The Morgan fingerprint density at radius 1 is 0.433 bits per heavy atom. The highest BCUT2D eigenvalue weighted by Crippen LogP contribution is 2.20. The van der Waals surface area contributed by atoms with Gasteiger partial charge in [-0.05, 0) is 72.3 Å². The fourth-order valence-electron chi connectivity index (χ4n) is 4.04. The van der Waals surface area contributed by atoms with Crippen molar-refractivity contribution in [2.45, 2.75) is 0 Å². The molecular formula is C26H20N4. The predicted octanol–water partition coefficient (Wildman–Crippen LogP) is 2.05. The standard InChI is InChI=1S/C26H20N4/c1-2-4-17(5-3-1)26-24-12-10-22(29-24)15-20-8-6-18(27-20)14-19-7-9-21(28-19)16-23-11-13-25(26)30-23/h1-16,27-30H/b18-14-,19-14?,20-15-,21-16?,22-15?,23-16-,26-24?,26-25-. The number of nitrogens with one attached hydrogen (secondary N) is 4. The number of hydrogen-bond donors (Lipinski definition) is 4. The molecule has 6 rings (SSSR count). The number of aromatic nitrogens is 4. The summed E-state index contributed by atoms with van der Waals surface area (Å²) in [7, 11) is 0. The van der Waals surface area contributed by atoms with Crippen LogP contribution in [0.5, 0.6) is 0 Å². The lowest BCUT2D eigenvalue weighted by atomic mass is 10.0. The van der Waals surface area contributed by atoms with E-state index < -0.39 is 0 Å². The van der Waals surface area contributed by atoms with E-state index in [1.807, 2.05) is 6.07 Å². The molecule has 0 radical (unpaired) electrons. The van der Waals surface area contributed by atoms with Gasteiger partial charge >= 0.3 is 0 Å². The Balaban J connectivity index is 1.68. The van der Waals surface area contributed by atoms with Gasteiger partial charge in [0.05, 0.1) is 0 Å². The first-order chi connectivity index (χ1) is 14.8. The summed E-state index contributed by atoms with van der Waals surface area (Å²) < 4.78 is 0. The zero-order chi connectivity index (χ0) is 19.9. The second-order valence-corrected chi connectivity index (χ2v) is 7.57. The molecule has 0 spiro atoms. The molecule has 0 unspecified atom stereocenters. The average Bonchev–Trinajstić information content (AvgIpc) is 3.54. The molecule has 4 nitrogen and oxygen atoms in total. The van der Waals surface area contributed by atoms with Crippen molar-refractivity contribution in [1.29, 1.82) is 0 Å². The molecule has 1 aliphatic rings. The summed E-state index contributed by atoms with van der Waals surface area (Å²) in [6.45, 7) is 0. The van der Waals surface area contributed by atoms with Crippen LogP contribution in [0.15, 0.2) is 78.9 Å². The van der Waals surface area contributed by atoms with E-state index >= 15 is 0 Å². The number of benzene rings is 1. The SMILES string of the molecule is C1=c2/cc/c([nH]2)=C/c2ccc([nH]2)/C(c2ccccc2)=c2/cc/c([nH]2)=C/c2ccc/1[nH]2. The lowest BCUT2D eigenvalue weighted by Crippen LogP contribution is -2.14. The number of fused-ring (bicyclic) bond motifs is 8. The number of hydrogen-bond acceptors (Lipinski definition) is 0. The zero-order valence-corrected chi connectivity index (χ0v) is 16.2. The van der Waals surface area contributed by atoms with Gasteiger partial charge in [-0.3, -0.25) is 0 Å². The van der Waals surface area contributed by atoms with Gasteiger partial charge in [-0.1, -0.05) is 30.3 Å². The largest absolute Gasteiger partial charge is 0.355 e. The smallest absolute Gasteiger partial charge is 0.0485 e. The maximum Gasteiger partial charge on any atom is 0.0485 e. The Hall–Kier alpha value is -4.18. The normalized spacial score (nSPS) is 17.9. The Morgan fingerprint density at radius 3 is 1.77 bits per heavy atom. The van der Waals surface area contributed by atoms with E-state index in [-0.39, 0.29) is 0 Å². The Bertz CT molecular complexity index is 1590. The minimum absolute atomic E-state index is 1.06. The third-order valence-corrected chi connectivity index (χ3v) is 5.41. The van der Waals surface area contributed by atoms with Crippen molar-refractivity contribution in [3.8, 4) is 0 Å². The quantitative estimate of drug-likeness (QED) is 0.333. The van der Waals surface area contributed by atoms with Gasteiger partial charge < -0.3 is 19.9 Å². The van der Waals surface area contributed by atoms with Crippen molar-refractivity contribution < 1.29 is 0 Å². The zero-order valence-electron chi connectivity index (χ0n) is 16.2. The van der Waals surface area contributed by atoms with Gasteiger partial charge in [-0.2, -0.15) is 0 Å². The van der Waals surface area contributed by atoms with Gasteiger partial charge in [-0.15, -0.1) is 0 Å². The Kier molecular flexibility index (Phi) is 3.74. The highest BCUT2D eigenvalue weighted by molar-refractivity contribution is 5.77. The van der Waals surface area contributed by atoms with Crippen LogP contribution in [-0.4, -0.2) is 19.9 Å². The number of rotatable bonds is 1. The Morgan fingerprint density at radius 2 is 1.03 bits per heavy atom. The molecule has 0 atom stereocenters. The molecule has 8 bridgehead atoms. The molecule has 0 saturated carbocycles. The molecule has 1 aromatic carbocycles. The maximum absolute atomic E-state index is 3.58. The van der Waals surface area contributed by atoms with E-state index in [2.05, 4.69) is 111 Å². The molecule has 144 valence electrons. The highest BCUT2D eigenvalue weighted by Gasteiger charge is 2.09. The van der Waals surface area contributed by atoms with Crippen molar-refractivity contribution in [2.75, 3.05) is 0 Å². The molecule has 4 heteroatoms. The molecular weight excluding hydrogens is 368 g/mol. The third kappa shape index (κ3) is 3.05. The van der Waals surface area contributed by atoms with E-state index in [0.717, 1.165) is 49.7 Å². The van der Waals surface area contributed by atoms with E-state index in [4.69, 9.17) is 0 Å². The van der Waals surface area contributed by atoms with Crippen molar-refractivity contribution in [3.05, 3.63) is 129 Å². The molecule has 30 heavy (non-hydrogen) atoms. The van der Waals surface area contributed by atoms with Crippen LogP contribution in [0.4, 0.5) is 0 Å². The molecule has 5 aromatic rings. The van der Waals surface area contributed by atoms with Crippen molar-refractivity contribution >= 4 is 23.8 Å². The second-order valence-electron chi connectivity index (χ2n) is 7.57. The van der Waals surface area contributed by atoms with Crippen LogP contribution in [0.1, 0.15) is 28.3 Å². The summed E-state index contributed by atoms with van der Waals surface area (Å²) in [5, 5.41) is 4.25. The first-order valence-electron chi connectivity index (χ1n) is 10.0. The van der Waals surface area contributed by atoms with Crippen LogP contribution in [0.2, 0.25) is 0 Å². The fraction of sp³-hybridized carbons (Fsp3) is 0. The van der Waals surface area contributed by atoms with Gasteiger partial charge in [0, 0.05) is 49.7 Å². The molecule has 5 heterocycles. The van der Waals surface area contributed by atoms with Gasteiger partial charge in [0.15, 0.2) is 0 Å². The summed E-state index contributed by atoms with van der Waals surface area (Å²) in [5.74, 6) is 0. The lowest BCUT2D eigenvalue weighted by molar-refractivity contribution is 1.22. The van der Waals surface area contributed by atoms with E-state index in [1.165, 1.54) is 5.56 Å². The minimum Gasteiger partial charge on any atom is -0.355 e. The molecule has 0 fully saturated rings. The van der Waals surface area contributed by atoms with Gasteiger partial charge in [-0.25, -0.2) is 0 Å². The van der Waals surface area contributed by atoms with Crippen LogP contribution < -0.4 is 21.4 Å². The van der Waals surface area contributed by atoms with Crippen LogP contribution in [0, 0.1) is 0 Å². The summed E-state index contributed by atoms with van der Waals surface area (Å²) in [5.41, 5.74) is 6.57. The van der Waals surface area contributed by atoms with E-state index in [1.54, 1.807) is 0 Å². The maximum atomic E-state index is 3.58. The van der Waals surface area contributed by atoms with E-state index in [9.17, 15) is 0 Å². The third-order valence-electron chi connectivity index (χ3n) is 5.41. The lowest BCUT2D eigenvalue weighted by Gasteiger charge is -2.05. The average molecular weight is 388 g/mol. The fourth-order valence-corrected chi connectivity index (χ4v) is 4.04. The predicted molar refractivity (Wildman–Crippen MR) is 120 cm³/mol. The van der Waals surface area contributed by atoms with Crippen molar-refractivity contribution in [3.63, 3.8) is 0 Å². The summed E-state index contributed by atoms with van der Waals surface area (Å²) in [6, 6.07) is 27.4. The molecule has 1 aliphatic heterocycles. The van der Waals surface area contributed by atoms with E-state index in [0.29, 0.717) is 0 Å². The topological polar surface area (TPSA) is 63.2 Å². The molecule has 4 N–H and O–H groups in total. The number of H-pyrrole nitrogens is 4. The monoisotopic (exact) mass is 388 g/mol. The summed E-state index contributed by atoms with van der Waals surface area (Å²) in [4.78, 5) is 14.1. The first kappa shape index (κ1) is 16.7. The van der Waals surface area contributed by atoms with Gasteiger partial charge in [0.2, 0.25) is 0 Å². The summed E-state index contributed by atoms with van der Waals surface area (Å²) >= 11 is 0. The second kappa shape index (κ2) is 6.71. The molecule has 4 aromatic heterocycles. The van der Waals surface area contributed by atoms with Crippen LogP contribution in [-0.2, 0) is 0 Å². The van der Waals surface area contributed by atoms with Crippen LogP contribution >= 0.6 is 0 Å². The first-order valence-corrected chi connectivity index (χ1v) is 10.0.